The lowest BCUT2D eigenvalue weighted by Gasteiger charge is -2.22. The zero-order valence-electron chi connectivity index (χ0n) is 11.8. The first-order valence-corrected chi connectivity index (χ1v) is 6.59. The molecule has 4 nitrogen and oxygen atoms in total. The van der Waals surface area contributed by atoms with Crippen LogP contribution < -0.4 is 9.47 Å². The first kappa shape index (κ1) is 15.5. The molecule has 19 heavy (non-hydrogen) atoms. The summed E-state index contributed by atoms with van der Waals surface area (Å²) in [5, 5.41) is 9.91. The van der Waals surface area contributed by atoms with Crippen LogP contribution in [0, 0.1) is 0 Å². The molecule has 0 saturated carbocycles. The molecule has 0 saturated heterocycles. The van der Waals surface area contributed by atoms with Crippen molar-refractivity contribution in [1.29, 1.82) is 0 Å². The molecule has 0 bridgehead atoms. The van der Waals surface area contributed by atoms with Gasteiger partial charge >= 0.3 is 0 Å². The van der Waals surface area contributed by atoms with Crippen molar-refractivity contribution in [1.82, 2.24) is 0 Å². The van der Waals surface area contributed by atoms with Gasteiger partial charge in [0.15, 0.2) is 6.29 Å². The molecule has 0 fully saturated rings. The van der Waals surface area contributed by atoms with Gasteiger partial charge in [0, 0.05) is 6.07 Å². The smallest absolute Gasteiger partial charge is 0.153 e. The monoisotopic (exact) mass is 266 g/mol. The van der Waals surface area contributed by atoms with E-state index in [1.54, 1.807) is 25.1 Å². The van der Waals surface area contributed by atoms with Crippen molar-refractivity contribution in [2.75, 3.05) is 13.2 Å². The van der Waals surface area contributed by atoms with E-state index < -0.39 is 5.60 Å². The average molecular weight is 266 g/mol. The summed E-state index contributed by atoms with van der Waals surface area (Å²) in [5.74, 6) is 1.11. The van der Waals surface area contributed by atoms with E-state index in [0.717, 1.165) is 12.7 Å². The molecular formula is C15H22O4. The summed E-state index contributed by atoms with van der Waals surface area (Å²) in [6, 6.07) is 5.09. The lowest BCUT2D eigenvalue weighted by molar-refractivity contribution is 0.00818. The van der Waals surface area contributed by atoms with E-state index in [-0.39, 0.29) is 6.61 Å². The van der Waals surface area contributed by atoms with Gasteiger partial charge < -0.3 is 14.6 Å². The van der Waals surface area contributed by atoms with Crippen molar-refractivity contribution in [3.05, 3.63) is 23.8 Å². The predicted molar refractivity (Wildman–Crippen MR) is 74.0 cm³/mol. The van der Waals surface area contributed by atoms with Crippen LogP contribution in [0.2, 0.25) is 0 Å². The Labute approximate surface area is 114 Å². The topological polar surface area (TPSA) is 55.8 Å². The molecule has 0 aliphatic rings. The minimum Gasteiger partial charge on any atom is -0.493 e. The highest BCUT2D eigenvalue weighted by atomic mass is 16.5. The molecule has 1 N–H and O–H groups in total. The van der Waals surface area contributed by atoms with Crippen molar-refractivity contribution in [3.63, 3.8) is 0 Å². The van der Waals surface area contributed by atoms with E-state index in [4.69, 9.17) is 9.47 Å². The van der Waals surface area contributed by atoms with E-state index in [9.17, 15) is 9.90 Å². The minimum atomic E-state index is -0.902. The molecule has 1 aromatic carbocycles. The number of carbonyl (C=O) groups excluding carboxylic acids is 1. The summed E-state index contributed by atoms with van der Waals surface area (Å²) >= 11 is 0. The van der Waals surface area contributed by atoms with E-state index >= 15 is 0 Å². The van der Waals surface area contributed by atoms with Gasteiger partial charge in [0.25, 0.3) is 0 Å². The van der Waals surface area contributed by atoms with Crippen LogP contribution in [0.25, 0.3) is 0 Å². The third-order valence-electron chi connectivity index (χ3n) is 2.89. The highest BCUT2D eigenvalue weighted by Gasteiger charge is 2.19. The molecule has 0 spiro atoms. The largest absolute Gasteiger partial charge is 0.493 e. The second-order valence-corrected chi connectivity index (χ2v) is 4.81. The molecule has 1 rings (SSSR count). The SMILES string of the molecule is CCCOc1ccc(C=O)c(OCC(C)(O)CC)c1. The zero-order chi connectivity index (χ0) is 14.3. The maximum Gasteiger partial charge on any atom is 0.153 e. The van der Waals surface area contributed by atoms with Gasteiger partial charge in [-0.2, -0.15) is 0 Å². The standard InChI is InChI=1S/C15H22O4/c1-4-8-18-13-7-6-12(10-16)14(9-13)19-11-15(3,17)5-2/h6-7,9-10,17H,4-5,8,11H2,1-3H3. The Kier molecular flexibility index (Phi) is 5.83. The summed E-state index contributed by atoms with van der Waals surface area (Å²) in [4.78, 5) is 11.0. The third-order valence-corrected chi connectivity index (χ3v) is 2.89. The third kappa shape index (κ3) is 4.91. The Morgan fingerprint density at radius 3 is 2.63 bits per heavy atom. The highest BCUT2D eigenvalue weighted by molar-refractivity contribution is 5.79. The molecule has 0 amide bonds. The normalized spacial score (nSPS) is 13.7. The van der Waals surface area contributed by atoms with Crippen LogP contribution in [0.15, 0.2) is 18.2 Å². The number of hydrogen-bond donors (Lipinski definition) is 1. The molecule has 0 radical (unpaired) electrons. The fraction of sp³-hybridized carbons (Fsp3) is 0.533. The van der Waals surface area contributed by atoms with Gasteiger partial charge in [0.05, 0.1) is 17.8 Å². The van der Waals surface area contributed by atoms with E-state index in [0.29, 0.717) is 30.1 Å². The minimum absolute atomic E-state index is 0.140. The molecule has 1 atom stereocenters. The van der Waals surface area contributed by atoms with Crippen molar-refractivity contribution >= 4 is 6.29 Å². The maximum atomic E-state index is 11.0. The summed E-state index contributed by atoms with van der Waals surface area (Å²) in [6.07, 6.45) is 2.23. The van der Waals surface area contributed by atoms with Crippen molar-refractivity contribution in [2.45, 2.75) is 39.2 Å². The number of rotatable bonds is 8. The van der Waals surface area contributed by atoms with Gasteiger partial charge in [-0.25, -0.2) is 0 Å². The van der Waals surface area contributed by atoms with Crippen molar-refractivity contribution in [3.8, 4) is 11.5 Å². The van der Waals surface area contributed by atoms with Crippen LogP contribution in [0.1, 0.15) is 44.0 Å². The molecule has 106 valence electrons. The first-order chi connectivity index (χ1) is 9.02. The molecular weight excluding hydrogens is 244 g/mol. The molecule has 0 heterocycles. The quantitative estimate of drug-likeness (QED) is 0.735. The molecule has 1 unspecified atom stereocenters. The number of hydrogen-bond acceptors (Lipinski definition) is 4. The molecule has 4 heteroatoms. The maximum absolute atomic E-state index is 11.0. The number of carbonyl (C=O) groups is 1. The van der Waals surface area contributed by atoms with E-state index in [1.807, 2.05) is 13.8 Å². The second kappa shape index (κ2) is 7.14. The second-order valence-electron chi connectivity index (χ2n) is 4.81. The summed E-state index contributed by atoms with van der Waals surface area (Å²) < 4.78 is 11.0. The Bertz CT molecular complexity index is 413. The Morgan fingerprint density at radius 2 is 2.05 bits per heavy atom. The van der Waals surface area contributed by atoms with Gasteiger partial charge in [0.1, 0.15) is 18.1 Å². The van der Waals surface area contributed by atoms with Crippen LogP contribution in [-0.2, 0) is 0 Å². The van der Waals surface area contributed by atoms with Gasteiger partial charge in [-0.3, -0.25) is 4.79 Å². The van der Waals surface area contributed by atoms with Crippen LogP contribution in [0.5, 0.6) is 11.5 Å². The van der Waals surface area contributed by atoms with Crippen molar-refractivity contribution in [2.24, 2.45) is 0 Å². The summed E-state index contributed by atoms with van der Waals surface area (Å²) in [5.41, 5.74) is -0.448. The Hall–Kier alpha value is -1.55. The predicted octanol–water partition coefficient (Wildman–Crippen LogP) is 2.83. The van der Waals surface area contributed by atoms with E-state index in [2.05, 4.69) is 0 Å². The van der Waals surface area contributed by atoms with Crippen LogP contribution in [-0.4, -0.2) is 30.2 Å². The molecule has 0 aromatic heterocycles. The lowest BCUT2D eigenvalue weighted by Crippen LogP contribution is -2.31. The fourth-order valence-electron chi connectivity index (χ4n) is 1.38. The first-order valence-electron chi connectivity index (χ1n) is 6.59. The number of aliphatic hydroxyl groups is 1. The van der Waals surface area contributed by atoms with Crippen LogP contribution >= 0.6 is 0 Å². The summed E-state index contributed by atoms with van der Waals surface area (Å²) in [6.45, 7) is 6.36. The average Bonchev–Trinajstić information content (AvgIpc) is 2.43. The molecule has 0 aliphatic carbocycles. The molecule has 1 aromatic rings. The number of ether oxygens (including phenoxy) is 2. The zero-order valence-corrected chi connectivity index (χ0v) is 11.8. The van der Waals surface area contributed by atoms with Crippen LogP contribution in [0.4, 0.5) is 0 Å². The summed E-state index contributed by atoms with van der Waals surface area (Å²) in [7, 11) is 0. The Morgan fingerprint density at radius 1 is 1.32 bits per heavy atom. The molecule has 0 aliphatic heterocycles. The Balaban J connectivity index is 2.81. The van der Waals surface area contributed by atoms with Gasteiger partial charge in [-0.05, 0) is 31.9 Å². The van der Waals surface area contributed by atoms with E-state index in [1.165, 1.54) is 0 Å². The van der Waals surface area contributed by atoms with Gasteiger partial charge in [-0.1, -0.05) is 13.8 Å². The van der Waals surface area contributed by atoms with Crippen molar-refractivity contribution < 1.29 is 19.4 Å². The number of benzene rings is 1. The fourth-order valence-corrected chi connectivity index (χ4v) is 1.38. The van der Waals surface area contributed by atoms with Gasteiger partial charge in [-0.15, -0.1) is 0 Å². The van der Waals surface area contributed by atoms with Crippen LogP contribution in [0.3, 0.4) is 0 Å². The lowest BCUT2D eigenvalue weighted by atomic mass is 10.1. The highest BCUT2D eigenvalue weighted by Crippen LogP contribution is 2.25. The van der Waals surface area contributed by atoms with Gasteiger partial charge in [0.2, 0.25) is 0 Å². The number of aldehydes is 1.